The molecule has 0 fully saturated rings. The van der Waals surface area contributed by atoms with E-state index in [9.17, 15) is 0 Å². The molecule has 10 aromatic carbocycles. The molecule has 2 aromatic heterocycles. The Hall–Kier alpha value is -8.20. The molecule has 290 valence electrons. The van der Waals surface area contributed by atoms with Crippen LogP contribution in [0.15, 0.2) is 243 Å². The largest absolute Gasteiger partial charge is 0.309 e. The highest BCUT2D eigenvalue weighted by molar-refractivity contribution is 6.12. The lowest BCUT2D eigenvalue weighted by Crippen LogP contribution is -1.94. The van der Waals surface area contributed by atoms with Gasteiger partial charge in [-0.25, -0.2) is 0 Å². The number of rotatable bonds is 7. The summed E-state index contributed by atoms with van der Waals surface area (Å²) in [6.07, 6.45) is 0. The molecule has 0 aliphatic heterocycles. The van der Waals surface area contributed by atoms with Crippen molar-refractivity contribution >= 4 is 43.6 Å². The molecule has 0 aliphatic carbocycles. The number of aromatic nitrogens is 2. The van der Waals surface area contributed by atoms with Crippen LogP contribution in [0.5, 0.6) is 0 Å². The lowest BCUT2D eigenvalue weighted by atomic mass is 9.95. The third kappa shape index (κ3) is 6.12. The highest BCUT2D eigenvalue weighted by Crippen LogP contribution is 2.39. The molecule has 2 nitrogen and oxygen atoms in total. The van der Waals surface area contributed by atoms with Crippen molar-refractivity contribution in [1.82, 2.24) is 9.13 Å². The first-order valence-electron chi connectivity index (χ1n) is 21.3. The second-order valence-electron chi connectivity index (χ2n) is 16.2. The summed E-state index contributed by atoms with van der Waals surface area (Å²) < 4.78 is 4.80. The van der Waals surface area contributed by atoms with Gasteiger partial charge in [0.15, 0.2) is 0 Å². The summed E-state index contributed by atoms with van der Waals surface area (Å²) in [6, 6.07) is 88.3. The van der Waals surface area contributed by atoms with Crippen molar-refractivity contribution in [2.45, 2.75) is 0 Å². The van der Waals surface area contributed by atoms with Crippen LogP contribution in [0.25, 0.3) is 111 Å². The number of hydrogen-bond acceptors (Lipinski definition) is 0. The predicted octanol–water partition coefficient (Wildman–Crippen LogP) is 16.2. The van der Waals surface area contributed by atoms with Crippen molar-refractivity contribution in [3.63, 3.8) is 0 Å². The van der Waals surface area contributed by atoms with E-state index in [2.05, 4.69) is 252 Å². The molecule has 0 saturated heterocycles. The van der Waals surface area contributed by atoms with Crippen molar-refractivity contribution < 1.29 is 0 Å². The summed E-state index contributed by atoms with van der Waals surface area (Å²) in [5.41, 5.74) is 19.2. The minimum atomic E-state index is 1.14. The second kappa shape index (κ2) is 14.8. The molecule has 0 unspecified atom stereocenters. The molecule has 0 radical (unpaired) electrons. The van der Waals surface area contributed by atoms with E-state index in [1.807, 2.05) is 0 Å². The summed E-state index contributed by atoms with van der Waals surface area (Å²) in [5, 5.41) is 5.00. The fourth-order valence-corrected chi connectivity index (χ4v) is 9.51. The monoisotopic (exact) mass is 788 g/mol. The minimum Gasteiger partial charge on any atom is -0.309 e. The second-order valence-corrected chi connectivity index (χ2v) is 16.2. The molecule has 12 rings (SSSR count). The van der Waals surface area contributed by atoms with Gasteiger partial charge >= 0.3 is 0 Å². The predicted molar refractivity (Wildman–Crippen MR) is 262 cm³/mol. The first kappa shape index (κ1) is 35.7. The van der Waals surface area contributed by atoms with Gasteiger partial charge in [-0.3, -0.25) is 0 Å². The Kier molecular flexibility index (Phi) is 8.53. The third-order valence-electron chi connectivity index (χ3n) is 12.5. The standard InChI is InChI=1S/C60H40N2/c1-3-14-41(15-4-1)42-28-30-43(31-29-42)44-16-11-17-45(36-44)46-18-12-19-47(37-46)48-20-13-23-52(38-48)62-58-27-10-8-25-54(58)56-40-50(33-35-60(56)62)49-32-34-59-55(39-49)53-24-7-9-26-57(53)61(59)51-21-5-2-6-22-51/h1-40H. The van der Waals surface area contributed by atoms with Gasteiger partial charge < -0.3 is 9.13 Å². The quantitative estimate of drug-likeness (QED) is 0.152. The van der Waals surface area contributed by atoms with E-state index >= 15 is 0 Å². The molecular weight excluding hydrogens is 749 g/mol. The number of hydrogen-bond donors (Lipinski definition) is 0. The zero-order valence-electron chi connectivity index (χ0n) is 34.0. The van der Waals surface area contributed by atoms with E-state index in [4.69, 9.17) is 0 Å². The van der Waals surface area contributed by atoms with Gasteiger partial charge in [-0.05, 0) is 128 Å². The maximum Gasteiger partial charge on any atom is 0.0541 e. The molecule has 12 aromatic rings. The third-order valence-corrected chi connectivity index (χ3v) is 12.5. The van der Waals surface area contributed by atoms with Crippen LogP contribution in [0.1, 0.15) is 0 Å². The summed E-state index contributed by atoms with van der Waals surface area (Å²) >= 11 is 0. The van der Waals surface area contributed by atoms with E-state index in [-0.39, 0.29) is 0 Å². The normalized spacial score (nSPS) is 11.5. The maximum atomic E-state index is 2.42. The number of fused-ring (bicyclic) bond motifs is 6. The van der Waals surface area contributed by atoms with Crippen LogP contribution in [-0.4, -0.2) is 9.13 Å². The molecule has 0 bridgehead atoms. The molecule has 2 heteroatoms. The van der Waals surface area contributed by atoms with Gasteiger partial charge in [0.25, 0.3) is 0 Å². The minimum absolute atomic E-state index is 1.14. The first-order chi connectivity index (χ1) is 30.7. The fraction of sp³-hybridized carbons (Fsp3) is 0. The first-order valence-corrected chi connectivity index (χ1v) is 21.3. The molecule has 62 heavy (non-hydrogen) atoms. The van der Waals surface area contributed by atoms with Crippen molar-refractivity contribution in [1.29, 1.82) is 0 Å². The summed E-state index contributed by atoms with van der Waals surface area (Å²) in [4.78, 5) is 0. The van der Waals surface area contributed by atoms with Gasteiger partial charge in [-0.15, -0.1) is 0 Å². The Morgan fingerprint density at radius 1 is 0.177 bits per heavy atom. The van der Waals surface area contributed by atoms with Crippen molar-refractivity contribution in [3.8, 4) is 67.0 Å². The van der Waals surface area contributed by atoms with Crippen LogP contribution < -0.4 is 0 Å². The lowest BCUT2D eigenvalue weighted by molar-refractivity contribution is 1.18. The van der Waals surface area contributed by atoms with E-state index < -0.39 is 0 Å². The zero-order valence-corrected chi connectivity index (χ0v) is 34.0. The van der Waals surface area contributed by atoms with Crippen LogP contribution in [0.4, 0.5) is 0 Å². The lowest BCUT2D eigenvalue weighted by Gasteiger charge is -2.12. The Morgan fingerprint density at radius 2 is 0.500 bits per heavy atom. The molecule has 0 N–H and O–H groups in total. The van der Waals surface area contributed by atoms with E-state index in [0.717, 1.165) is 5.69 Å². The molecule has 0 atom stereocenters. The Labute approximate surface area is 360 Å². The van der Waals surface area contributed by atoms with Crippen LogP contribution in [0.3, 0.4) is 0 Å². The molecular formula is C60H40N2. The van der Waals surface area contributed by atoms with Crippen molar-refractivity contribution in [3.05, 3.63) is 243 Å². The molecule has 0 aliphatic rings. The Bertz CT molecular complexity index is 3610. The molecule has 0 saturated carbocycles. The average molecular weight is 789 g/mol. The van der Waals surface area contributed by atoms with Gasteiger partial charge in [0.05, 0.1) is 22.1 Å². The maximum absolute atomic E-state index is 2.42. The SMILES string of the molecule is c1ccc(-c2ccc(-c3cccc(-c4cccc(-c5cccc(-n6c7ccccc7c7cc(-c8ccc9c(c8)c8ccccc8n9-c8ccccc8)ccc76)c5)c4)c3)cc2)cc1. The summed E-state index contributed by atoms with van der Waals surface area (Å²) in [7, 11) is 0. The zero-order chi connectivity index (χ0) is 41.0. The molecule has 0 spiro atoms. The molecule has 0 amide bonds. The Morgan fingerprint density at radius 3 is 1.05 bits per heavy atom. The summed E-state index contributed by atoms with van der Waals surface area (Å²) in [6.45, 7) is 0. The van der Waals surface area contributed by atoms with Crippen LogP contribution in [0.2, 0.25) is 0 Å². The summed E-state index contributed by atoms with van der Waals surface area (Å²) in [5.74, 6) is 0. The number of benzene rings is 10. The van der Waals surface area contributed by atoms with Crippen molar-refractivity contribution in [2.75, 3.05) is 0 Å². The average Bonchev–Trinajstić information content (AvgIpc) is 3.87. The fourth-order valence-electron chi connectivity index (χ4n) is 9.51. The molecule has 2 heterocycles. The van der Waals surface area contributed by atoms with Crippen LogP contribution in [-0.2, 0) is 0 Å². The van der Waals surface area contributed by atoms with Crippen LogP contribution in [0, 0.1) is 0 Å². The highest BCUT2D eigenvalue weighted by atomic mass is 15.0. The van der Waals surface area contributed by atoms with Gasteiger partial charge in [-0.2, -0.15) is 0 Å². The van der Waals surface area contributed by atoms with E-state index in [1.165, 1.54) is 105 Å². The van der Waals surface area contributed by atoms with Gasteiger partial charge in [0.2, 0.25) is 0 Å². The highest BCUT2D eigenvalue weighted by Gasteiger charge is 2.17. The van der Waals surface area contributed by atoms with Crippen molar-refractivity contribution in [2.24, 2.45) is 0 Å². The Balaban J connectivity index is 0.898. The number of nitrogens with zero attached hydrogens (tertiary/aromatic N) is 2. The van der Waals surface area contributed by atoms with E-state index in [1.54, 1.807) is 0 Å². The van der Waals surface area contributed by atoms with Gasteiger partial charge in [-0.1, -0.05) is 170 Å². The van der Waals surface area contributed by atoms with E-state index in [0.29, 0.717) is 0 Å². The smallest absolute Gasteiger partial charge is 0.0541 e. The number of para-hydroxylation sites is 3. The van der Waals surface area contributed by atoms with Crippen LogP contribution >= 0.6 is 0 Å². The van der Waals surface area contributed by atoms with Gasteiger partial charge in [0.1, 0.15) is 0 Å². The topological polar surface area (TPSA) is 9.86 Å². The van der Waals surface area contributed by atoms with Gasteiger partial charge in [0, 0.05) is 32.9 Å².